The highest BCUT2D eigenvalue weighted by molar-refractivity contribution is 5.98. The Morgan fingerprint density at radius 3 is 1.64 bits per heavy atom. The highest BCUT2D eigenvalue weighted by Gasteiger charge is 2.52. The molecule has 0 N–H and O–H groups in total. The van der Waals surface area contributed by atoms with Crippen molar-refractivity contribution in [3.05, 3.63) is 173 Å². The maximum absolute atomic E-state index is 5.35. The van der Waals surface area contributed by atoms with Crippen molar-refractivity contribution in [2.24, 2.45) is 0 Å². The van der Waals surface area contributed by atoms with Crippen molar-refractivity contribution in [1.82, 2.24) is 4.98 Å². The van der Waals surface area contributed by atoms with E-state index in [4.69, 9.17) is 4.98 Å². The first kappa shape index (κ1) is 24.2. The quantitative estimate of drug-likeness (QED) is 0.195. The third-order valence-electron chi connectivity index (χ3n) is 10.7. The van der Waals surface area contributed by atoms with Crippen molar-refractivity contribution in [2.75, 3.05) is 0 Å². The topological polar surface area (TPSA) is 12.9 Å². The van der Waals surface area contributed by atoms with Crippen molar-refractivity contribution < 1.29 is 0 Å². The lowest BCUT2D eigenvalue weighted by atomic mass is 9.70. The van der Waals surface area contributed by atoms with Gasteiger partial charge in [0.25, 0.3) is 0 Å². The molecule has 1 aromatic heterocycles. The van der Waals surface area contributed by atoms with Crippen LogP contribution in [0.15, 0.2) is 140 Å². The molecule has 1 heteroatoms. The highest BCUT2D eigenvalue weighted by Crippen LogP contribution is 2.63. The Labute approximate surface area is 257 Å². The molecule has 0 aliphatic heterocycles. The van der Waals surface area contributed by atoms with E-state index in [2.05, 4.69) is 153 Å². The Kier molecular flexibility index (Phi) is 4.52. The lowest BCUT2D eigenvalue weighted by molar-refractivity contribution is 0.660. The Morgan fingerprint density at radius 1 is 0.409 bits per heavy atom. The predicted octanol–water partition coefficient (Wildman–Crippen LogP) is 10.6. The molecule has 6 aromatic carbocycles. The van der Waals surface area contributed by atoms with Crippen LogP contribution in [-0.4, -0.2) is 4.98 Å². The molecule has 1 heterocycles. The summed E-state index contributed by atoms with van der Waals surface area (Å²) in [6.45, 7) is 4.72. The molecule has 206 valence electrons. The summed E-state index contributed by atoms with van der Waals surface area (Å²) >= 11 is 0. The van der Waals surface area contributed by atoms with Crippen molar-refractivity contribution >= 4 is 10.9 Å². The van der Waals surface area contributed by atoms with E-state index in [0.717, 1.165) is 11.2 Å². The number of rotatable bonds is 1. The van der Waals surface area contributed by atoms with Crippen LogP contribution in [0.2, 0.25) is 0 Å². The van der Waals surface area contributed by atoms with Crippen LogP contribution in [0.1, 0.15) is 47.2 Å². The second-order valence-corrected chi connectivity index (χ2v) is 13.1. The van der Waals surface area contributed by atoms with Crippen LogP contribution in [-0.2, 0) is 10.8 Å². The zero-order valence-corrected chi connectivity index (χ0v) is 24.7. The van der Waals surface area contributed by atoms with E-state index < -0.39 is 5.41 Å². The number of aromatic nitrogens is 1. The average molecular weight is 560 g/mol. The summed E-state index contributed by atoms with van der Waals surface area (Å²) in [5.74, 6) is 0. The van der Waals surface area contributed by atoms with Crippen molar-refractivity contribution in [2.45, 2.75) is 24.7 Å². The molecule has 1 nitrogen and oxygen atoms in total. The second kappa shape index (κ2) is 8.21. The van der Waals surface area contributed by atoms with Crippen LogP contribution in [0.25, 0.3) is 55.5 Å². The van der Waals surface area contributed by atoms with Gasteiger partial charge in [-0.1, -0.05) is 129 Å². The molecule has 0 bridgehead atoms. The predicted molar refractivity (Wildman–Crippen MR) is 181 cm³/mol. The minimum absolute atomic E-state index is 0.0382. The third-order valence-corrected chi connectivity index (χ3v) is 10.7. The van der Waals surface area contributed by atoms with Gasteiger partial charge < -0.3 is 0 Å². The number of para-hydroxylation sites is 1. The van der Waals surface area contributed by atoms with Crippen LogP contribution < -0.4 is 0 Å². The number of benzene rings is 6. The molecule has 0 unspecified atom stereocenters. The third kappa shape index (κ3) is 2.83. The maximum atomic E-state index is 5.35. The molecule has 10 rings (SSSR count). The number of hydrogen-bond donors (Lipinski definition) is 0. The summed E-state index contributed by atoms with van der Waals surface area (Å²) in [5.41, 5.74) is 18.9. The number of pyridine rings is 1. The summed E-state index contributed by atoms with van der Waals surface area (Å²) in [6.07, 6.45) is 0. The van der Waals surface area contributed by atoms with E-state index in [1.54, 1.807) is 0 Å². The SMILES string of the molecule is CC1(C)c2ccccc2-c2ccc(-c3ccc4c(c3)C3(c5ccccc5-c5ccccc53)c3cc5ccccc5nc3-4)cc21. The molecule has 0 fully saturated rings. The molecule has 3 aliphatic rings. The normalized spacial score (nSPS) is 15.4. The summed E-state index contributed by atoms with van der Waals surface area (Å²) in [4.78, 5) is 5.35. The van der Waals surface area contributed by atoms with Gasteiger partial charge in [-0.15, -0.1) is 0 Å². The van der Waals surface area contributed by atoms with E-state index in [0.29, 0.717) is 0 Å². The first-order valence-corrected chi connectivity index (χ1v) is 15.6. The van der Waals surface area contributed by atoms with Gasteiger partial charge in [-0.2, -0.15) is 0 Å². The average Bonchev–Trinajstić information content (AvgIpc) is 3.62. The Morgan fingerprint density at radius 2 is 0.932 bits per heavy atom. The fourth-order valence-electron chi connectivity index (χ4n) is 8.69. The van der Waals surface area contributed by atoms with Crippen molar-refractivity contribution in [3.8, 4) is 44.6 Å². The van der Waals surface area contributed by atoms with Gasteiger partial charge in [0, 0.05) is 16.4 Å². The minimum atomic E-state index is -0.420. The Hall–Kier alpha value is -5.27. The first-order valence-electron chi connectivity index (χ1n) is 15.6. The minimum Gasteiger partial charge on any atom is -0.247 e. The van der Waals surface area contributed by atoms with Gasteiger partial charge in [-0.05, 0) is 91.0 Å². The molecule has 7 aromatic rings. The zero-order chi connectivity index (χ0) is 29.2. The molecule has 0 amide bonds. The smallest absolute Gasteiger partial charge is 0.0761 e. The highest BCUT2D eigenvalue weighted by atomic mass is 14.7. The first-order chi connectivity index (χ1) is 21.6. The second-order valence-electron chi connectivity index (χ2n) is 13.1. The van der Waals surface area contributed by atoms with Crippen molar-refractivity contribution in [3.63, 3.8) is 0 Å². The maximum Gasteiger partial charge on any atom is 0.0761 e. The number of fused-ring (bicyclic) bond motifs is 14. The van der Waals surface area contributed by atoms with Gasteiger partial charge in [-0.25, -0.2) is 4.98 Å². The fourth-order valence-corrected chi connectivity index (χ4v) is 8.69. The van der Waals surface area contributed by atoms with Crippen LogP contribution in [0, 0.1) is 0 Å². The Bertz CT molecular complexity index is 2330. The lowest BCUT2D eigenvalue weighted by Crippen LogP contribution is -2.26. The summed E-state index contributed by atoms with van der Waals surface area (Å²) in [5, 5.41) is 1.18. The Balaban J connectivity index is 1.26. The number of nitrogens with zero attached hydrogens (tertiary/aromatic N) is 1. The fraction of sp³-hybridized carbons (Fsp3) is 0.0930. The molecule has 1 spiro atoms. The van der Waals surface area contributed by atoms with Crippen LogP contribution in [0.5, 0.6) is 0 Å². The van der Waals surface area contributed by atoms with Gasteiger partial charge in [-0.3, -0.25) is 0 Å². The monoisotopic (exact) mass is 559 g/mol. The van der Waals surface area contributed by atoms with E-state index in [1.807, 2.05) is 0 Å². The molecule has 0 atom stereocenters. The molecule has 0 radical (unpaired) electrons. The summed E-state index contributed by atoms with van der Waals surface area (Å²) in [6, 6.07) is 52.0. The van der Waals surface area contributed by atoms with Gasteiger partial charge in [0.1, 0.15) is 0 Å². The molecule has 0 saturated carbocycles. The van der Waals surface area contributed by atoms with E-state index in [9.17, 15) is 0 Å². The van der Waals surface area contributed by atoms with E-state index in [-0.39, 0.29) is 5.41 Å². The lowest BCUT2D eigenvalue weighted by Gasteiger charge is -2.30. The van der Waals surface area contributed by atoms with Crippen LogP contribution >= 0.6 is 0 Å². The van der Waals surface area contributed by atoms with Gasteiger partial charge in [0.05, 0.1) is 16.6 Å². The van der Waals surface area contributed by atoms with Crippen LogP contribution in [0.4, 0.5) is 0 Å². The number of hydrogen-bond acceptors (Lipinski definition) is 1. The van der Waals surface area contributed by atoms with Gasteiger partial charge in [0.2, 0.25) is 0 Å². The van der Waals surface area contributed by atoms with Crippen LogP contribution in [0.3, 0.4) is 0 Å². The largest absolute Gasteiger partial charge is 0.247 e. The summed E-state index contributed by atoms with van der Waals surface area (Å²) < 4.78 is 0. The van der Waals surface area contributed by atoms with Crippen molar-refractivity contribution in [1.29, 1.82) is 0 Å². The standard InChI is InChI=1S/C43H29N/c1-42(2)34-15-7-4-12-29(34)32-21-19-26(23-37(32)42)27-20-22-33-38(24-27)43(39-25-28-11-3-10-18-40(28)44-41(33)39)35-16-8-5-13-30(35)31-14-6-9-17-36(31)43/h3-25H,1-2H3. The molecular formula is C43H29N. The van der Waals surface area contributed by atoms with Gasteiger partial charge in [0.15, 0.2) is 0 Å². The molecule has 44 heavy (non-hydrogen) atoms. The molecular weight excluding hydrogens is 530 g/mol. The zero-order valence-electron chi connectivity index (χ0n) is 24.7. The molecule has 0 saturated heterocycles. The van der Waals surface area contributed by atoms with E-state index in [1.165, 1.54) is 77.7 Å². The van der Waals surface area contributed by atoms with E-state index >= 15 is 0 Å². The molecule has 3 aliphatic carbocycles. The summed E-state index contributed by atoms with van der Waals surface area (Å²) in [7, 11) is 0. The van der Waals surface area contributed by atoms with Gasteiger partial charge >= 0.3 is 0 Å².